The summed E-state index contributed by atoms with van der Waals surface area (Å²) in [4.78, 5) is 44.9. The maximum absolute atomic E-state index is 12.8. The molecule has 2 aliphatic heterocycles. The number of nitrogens with zero attached hydrogens (tertiary/aromatic N) is 4. The van der Waals surface area contributed by atoms with E-state index in [0.717, 1.165) is 24.2 Å². The van der Waals surface area contributed by atoms with Crippen LogP contribution in [0.15, 0.2) is 35.3 Å². The molecule has 2 amide bonds. The first-order chi connectivity index (χ1) is 13.9. The van der Waals surface area contributed by atoms with E-state index < -0.39 is 0 Å². The molecule has 7 heteroatoms. The van der Waals surface area contributed by atoms with Crippen LogP contribution in [0.2, 0.25) is 0 Å². The van der Waals surface area contributed by atoms with Crippen molar-refractivity contribution in [3.05, 3.63) is 52.1 Å². The van der Waals surface area contributed by atoms with Crippen molar-refractivity contribution in [3.63, 3.8) is 0 Å². The third-order valence-electron chi connectivity index (χ3n) is 6.13. The van der Waals surface area contributed by atoms with E-state index in [1.165, 1.54) is 0 Å². The molecular weight excluding hydrogens is 368 g/mol. The lowest BCUT2D eigenvalue weighted by atomic mass is 9.82. The second-order valence-electron chi connectivity index (χ2n) is 8.09. The van der Waals surface area contributed by atoms with Gasteiger partial charge in [0.15, 0.2) is 0 Å². The first kappa shape index (κ1) is 19.4. The average molecular weight is 394 g/mol. The number of amides is 2. The fourth-order valence-corrected chi connectivity index (χ4v) is 4.42. The number of carbonyl (C=O) groups excluding carboxylic acids is 2. The topological polar surface area (TPSA) is 75.5 Å². The Morgan fingerprint density at radius 3 is 2.66 bits per heavy atom. The van der Waals surface area contributed by atoms with E-state index in [1.54, 1.807) is 43.3 Å². The molecule has 152 valence electrons. The van der Waals surface area contributed by atoms with Gasteiger partial charge in [0.05, 0.1) is 11.3 Å². The molecular formula is C22H26N4O3. The van der Waals surface area contributed by atoms with Crippen LogP contribution in [-0.4, -0.2) is 57.8 Å². The molecule has 1 saturated heterocycles. The molecule has 0 aromatic carbocycles. The van der Waals surface area contributed by atoms with Crippen LogP contribution >= 0.6 is 0 Å². The maximum Gasteiger partial charge on any atom is 0.255 e. The fraction of sp³-hybridized carbons (Fsp3) is 0.455. The summed E-state index contributed by atoms with van der Waals surface area (Å²) < 4.78 is 1.86. The lowest BCUT2D eigenvalue weighted by Gasteiger charge is -2.42. The predicted octanol–water partition coefficient (Wildman–Crippen LogP) is 1.97. The minimum atomic E-state index is -0.0744. The molecule has 4 heterocycles. The van der Waals surface area contributed by atoms with E-state index in [-0.39, 0.29) is 23.3 Å². The predicted molar refractivity (Wildman–Crippen MR) is 110 cm³/mol. The summed E-state index contributed by atoms with van der Waals surface area (Å²) in [5.41, 5.74) is 2.89. The minimum absolute atomic E-state index is 0.0313. The van der Waals surface area contributed by atoms with Crippen LogP contribution in [-0.2, 0) is 11.3 Å². The molecule has 2 atom stereocenters. The third kappa shape index (κ3) is 3.57. The second-order valence-corrected chi connectivity index (χ2v) is 8.09. The zero-order valence-electron chi connectivity index (χ0n) is 17.1. The van der Waals surface area contributed by atoms with Gasteiger partial charge in [0.2, 0.25) is 5.91 Å². The summed E-state index contributed by atoms with van der Waals surface area (Å²) in [7, 11) is 1.75. The number of carbonyl (C=O) groups is 2. The van der Waals surface area contributed by atoms with E-state index in [9.17, 15) is 14.4 Å². The fourth-order valence-electron chi connectivity index (χ4n) is 4.42. The van der Waals surface area contributed by atoms with Crippen molar-refractivity contribution in [2.45, 2.75) is 32.7 Å². The highest BCUT2D eigenvalue weighted by Crippen LogP contribution is 2.36. The van der Waals surface area contributed by atoms with Gasteiger partial charge < -0.3 is 14.4 Å². The number of pyridine rings is 2. The van der Waals surface area contributed by atoms with Crippen molar-refractivity contribution in [2.75, 3.05) is 26.7 Å². The zero-order valence-corrected chi connectivity index (χ0v) is 17.1. The van der Waals surface area contributed by atoms with Gasteiger partial charge in [-0.1, -0.05) is 0 Å². The Kier molecular flexibility index (Phi) is 4.98. The normalized spacial score (nSPS) is 20.2. The van der Waals surface area contributed by atoms with Crippen LogP contribution in [0.3, 0.4) is 0 Å². The number of fused-ring (bicyclic) bond motifs is 4. The van der Waals surface area contributed by atoms with Crippen molar-refractivity contribution in [1.29, 1.82) is 0 Å². The van der Waals surface area contributed by atoms with Crippen molar-refractivity contribution in [3.8, 4) is 11.3 Å². The quantitative estimate of drug-likeness (QED) is 0.798. The van der Waals surface area contributed by atoms with Crippen molar-refractivity contribution < 1.29 is 9.59 Å². The molecule has 4 rings (SSSR count). The van der Waals surface area contributed by atoms with Crippen LogP contribution in [0.1, 0.15) is 42.2 Å². The summed E-state index contributed by atoms with van der Waals surface area (Å²) >= 11 is 0. The van der Waals surface area contributed by atoms with E-state index in [1.807, 2.05) is 22.5 Å². The van der Waals surface area contributed by atoms with Gasteiger partial charge in [-0.25, -0.2) is 0 Å². The van der Waals surface area contributed by atoms with E-state index in [0.29, 0.717) is 36.8 Å². The molecule has 2 bridgehead atoms. The molecule has 2 aromatic heterocycles. The molecule has 0 spiro atoms. The number of rotatable bonds is 3. The Balaban J connectivity index is 1.67. The van der Waals surface area contributed by atoms with Gasteiger partial charge >= 0.3 is 0 Å². The van der Waals surface area contributed by atoms with Gasteiger partial charge in [0.25, 0.3) is 11.5 Å². The highest BCUT2D eigenvalue weighted by molar-refractivity contribution is 5.94. The smallest absolute Gasteiger partial charge is 0.255 e. The number of piperidine rings is 1. The summed E-state index contributed by atoms with van der Waals surface area (Å²) in [5.74, 6) is 0.506. The Hall–Kier alpha value is -2.96. The molecule has 0 radical (unpaired) electrons. The monoisotopic (exact) mass is 394 g/mol. The van der Waals surface area contributed by atoms with E-state index in [2.05, 4.69) is 4.98 Å². The molecule has 0 saturated carbocycles. The highest BCUT2D eigenvalue weighted by atomic mass is 16.2. The first-order valence-electron chi connectivity index (χ1n) is 10.1. The summed E-state index contributed by atoms with van der Waals surface area (Å²) in [6.45, 7) is 6.18. The molecule has 2 aromatic rings. The Morgan fingerprint density at radius 1 is 1.21 bits per heavy atom. The summed E-state index contributed by atoms with van der Waals surface area (Å²) in [5, 5.41) is 0. The van der Waals surface area contributed by atoms with Crippen LogP contribution in [0, 0.1) is 5.92 Å². The molecule has 0 N–H and O–H groups in total. The van der Waals surface area contributed by atoms with Gasteiger partial charge in [-0.15, -0.1) is 0 Å². The molecule has 7 nitrogen and oxygen atoms in total. The van der Waals surface area contributed by atoms with Crippen molar-refractivity contribution >= 4 is 11.8 Å². The van der Waals surface area contributed by atoms with Gasteiger partial charge in [-0.05, 0) is 37.5 Å². The molecule has 0 unspecified atom stereocenters. The third-order valence-corrected chi connectivity index (χ3v) is 6.13. The summed E-state index contributed by atoms with van der Waals surface area (Å²) in [6.07, 6.45) is 2.56. The van der Waals surface area contributed by atoms with Crippen LogP contribution in [0.4, 0.5) is 0 Å². The van der Waals surface area contributed by atoms with Gasteiger partial charge in [-0.3, -0.25) is 19.4 Å². The van der Waals surface area contributed by atoms with Gasteiger partial charge in [0, 0.05) is 69.6 Å². The highest BCUT2D eigenvalue weighted by Gasteiger charge is 2.35. The van der Waals surface area contributed by atoms with Crippen LogP contribution in [0.25, 0.3) is 11.3 Å². The van der Waals surface area contributed by atoms with Gasteiger partial charge in [-0.2, -0.15) is 0 Å². The number of likely N-dealkylation sites (tertiary alicyclic amines) is 1. The largest absolute Gasteiger partial charge is 0.342 e. The van der Waals surface area contributed by atoms with E-state index in [4.69, 9.17) is 0 Å². The number of aromatic nitrogens is 2. The first-order valence-corrected chi connectivity index (χ1v) is 10.1. The molecule has 1 fully saturated rings. The van der Waals surface area contributed by atoms with Crippen LogP contribution in [0.5, 0.6) is 0 Å². The van der Waals surface area contributed by atoms with Gasteiger partial charge in [0.1, 0.15) is 0 Å². The number of hydrogen-bond acceptors (Lipinski definition) is 4. The lowest BCUT2D eigenvalue weighted by Crippen LogP contribution is -2.48. The average Bonchev–Trinajstić information content (AvgIpc) is 2.73. The lowest BCUT2D eigenvalue weighted by molar-refractivity contribution is -0.131. The SMILES string of the molecule is CCN(C)C(=O)c1ccc(-c2cc3n(c(=O)c2)C[C@H]2C[C@@H]3CN(C(C)=O)C2)nc1. The Morgan fingerprint density at radius 2 is 2.00 bits per heavy atom. The molecule has 2 aliphatic rings. The molecule has 29 heavy (non-hydrogen) atoms. The zero-order chi connectivity index (χ0) is 20.7. The standard InChI is InChI=1S/C22H26N4O3/c1-4-24(3)22(29)16-5-6-19(23-10-16)17-8-20-18-7-15(11-25(13-18)14(2)27)12-26(20)21(28)9-17/h5-6,8-10,15,18H,4,7,11-13H2,1-3H3/t15-,18+/m0/s1. The maximum atomic E-state index is 12.8. The van der Waals surface area contributed by atoms with Crippen molar-refractivity contribution in [2.24, 2.45) is 5.92 Å². The second kappa shape index (κ2) is 7.46. The van der Waals surface area contributed by atoms with E-state index >= 15 is 0 Å². The number of hydrogen-bond donors (Lipinski definition) is 0. The van der Waals surface area contributed by atoms with Crippen molar-refractivity contribution in [1.82, 2.24) is 19.4 Å². The van der Waals surface area contributed by atoms with Crippen LogP contribution < -0.4 is 5.56 Å². The molecule has 0 aliphatic carbocycles. The summed E-state index contributed by atoms with van der Waals surface area (Å²) in [6, 6.07) is 7.18. The minimum Gasteiger partial charge on any atom is -0.342 e. The Labute approximate surface area is 170 Å². The Bertz CT molecular complexity index is 1010.